The van der Waals surface area contributed by atoms with Crippen molar-refractivity contribution in [2.45, 2.75) is 57.3 Å². The number of phenolic OH excluding ortho intramolecular Hbond substituents is 1. The average molecular weight is 611 g/mol. The summed E-state index contributed by atoms with van der Waals surface area (Å²) in [6.07, 6.45) is 4.97. The number of hydrogen-bond donors (Lipinski definition) is 6. The van der Waals surface area contributed by atoms with Gasteiger partial charge < -0.3 is 10.0 Å². The Hall–Kier alpha value is -1.42. The second-order valence-electron chi connectivity index (χ2n) is 10.4. The zero-order chi connectivity index (χ0) is 27.0. The van der Waals surface area contributed by atoms with Crippen LogP contribution in [-0.2, 0) is 7.05 Å². The van der Waals surface area contributed by atoms with Crippen molar-refractivity contribution in [1.29, 1.82) is 0 Å². The number of fused-ring (bicyclic) bond motifs is 2. The lowest BCUT2D eigenvalue weighted by atomic mass is 9.69. The topological polar surface area (TPSA) is 106 Å². The van der Waals surface area contributed by atoms with Crippen LogP contribution in [0.3, 0.4) is 0 Å². The van der Waals surface area contributed by atoms with E-state index in [1.54, 1.807) is 24.1 Å². The van der Waals surface area contributed by atoms with Gasteiger partial charge in [-0.15, -0.1) is 33.0 Å². The minimum Gasteiger partial charge on any atom is -0.507 e. The lowest BCUT2D eigenvalue weighted by Crippen LogP contribution is -2.56. The summed E-state index contributed by atoms with van der Waals surface area (Å²) in [5, 5.41) is 31.4. The molecule has 1 aromatic carbocycles. The third-order valence-electron chi connectivity index (χ3n) is 8.09. The van der Waals surface area contributed by atoms with Crippen LogP contribution in [0.1, 0.15) is 32.1 Å². The number of alkyl halides is 1. The van der Waals surface area contributed by atoms with E-state index in [0.29, 0.717) is 35.1 Å². The average Bonchev–Trinajstić information content (AvgIpc) is 3.18. The maximum atomic E-state index is 16.0. The molecule has 3 saturated carbocycles. The second-order valence-corrected chi connectivity index (χ2v) is 14.4. The van der Waals surface area contributed by atoms with Gasteiger partial charge in [-0.2, -0.15) is 55.3 Å². The third-order valence-corrected chi connectivity index (χ3v) is 13.0. The lowest BCUT2D eigenvalue weighted by molar-refractivity contribution is 0.0622. The largest absolute Gasteiger partial charge is 0.507 e. The molecule has 2 heterocycles. The number of rotatable bonds is 5. The number of aryl methyl sites for hydroxylation is 1. The van der Waals surface area contributed by atoms with Gasteiger partial charge in [-0.05, 0) is 48.4 Å². The Morgan fingerprint density at radius 2 is 1.79 bits per heavy atom. The number of benzene rings is 1. The Kier molecular flexibility index (Phi) is 6.57. The normalized spacial score (nSPS) is 28.6. The predicted molar refractivity (Wildman–Crippen MR) is 159 cm³/mol. The van der Waals surface area contributed by atoms with Crippen LogP contribution in [0.25, 0.3) is 22.8 Å². The molecule has 2 bridgehead atoms. The first-order chi connectivity index (χ1) is 18.0. The summed E-state index contributed by atoms with van der Waals surface area (Å²) in [6, 6.07) is 4.40. The highest BCUT2D eigenvalue weighted by atomic mass is 32.2. The molecule has 0 spiro atoms. The van der Waals surface area contributed by atoms with Crippen LogP contribution in [0.15, 0.2) is 24.4 Å². The Morgan fingerprint density at radius 1 is 1.03 bits per heavy atom. The van der Waals surface area contributed by atoms with Gasteiger partial charge in [0.15, 0.2) is 11.6 Å². The molecule has 0 unspecified atom stereocenters. The fourth-order valence-corrected chi connectivity index (χ4v) is 8.77. The first-order valence-corrected chi connectivity index (χ1v) is 14.5. The third kappa shape index (κ3) is 3.93. The van der Waals surface area contributed by atoms with Crippen LogP contribution in [0.5, 0.6) is 5.75 Å². The van der Waals surface area contributed by atoms with E-state index in [4.69, 9.17) is 63.1 Å². The van der Waals surface area contributed by atoms with Gasteiger partial charge in [-0.3, -0.25) is 0 Å². The van der Waals surface area contributed by atoms with E-state index >= 15 is 4.39 Å². The lowest BCUT2D eigenvalue weighted by Gasteiger charge is -2.48. The van der Waals surface area contributed by atoms with Crippen molar-refractivity contribution in [3.05, 3.63) is 24.4 Å². The van der Waals surface area contributed by atoms with Crippen LogP contribution in [-0.4, -0.2) is 65.7 Å². The van der Waals surface area contributed by atoms with E-state index in [2.05, 4.69) is 30.6 Å². The number of nitrogens with zero attached hydrogens (tertiary/aromatic N) is 8. The van der Waals surface area contributed by atoms with Crippen molar-refractivity contribution in [3.63, 3.8) is 0 Å². The standard InChI is InChI=1S/C23H27FN8OS5/c1-31-29-19(28-30-31)13-5-6-14(16(33)9-13)20-25-10-17(26-27-20)32(21(34)22(35,36)23(21,37)38)15-8-11-3-2-4-12(7-11)18(15)24/h5-6,9-12,15,18,33-38H,2-4,7-8H2,1H3/t11-,12+,15+,18-/m1/s1. The first kappa shape index (κ1) is 26.8. The zero-order valence-electron chi connectivity index (χ0n) is 20.3. The zero-order valence-corrected chi connectivity index (χ0v) is 24.8. The Balaban J connectivity index is 1.35. The molecule has 3 aliphatic rings. The minimum atomic E-state index is -1.15. The minimum absolute atomic E-state index is 0.0198. The molecule has 202 valence electrons. The van der Waals surface area contributed by atoms with Gasteiger partial charge in [0.25, 0.3) is 0 Å². The van der Waals surface area contributed by atoms with Gasteiger partial charge in [0.2, 0.25) is 5.82 Å². The molecule has 1 N–H and O–H groups in total. The quantitative estimate of drug-likeness (QED) is 0.191. The van der Waals surface area contributed by atoms with Crippen LogP contribution >= 0.6 is 63.1 Å². The van der Waals surface area contributed by atoms with Gasteiger partial charge in [0, 0.05) is 5.56 Å². The van der Waals surface area contributed by atoms with Crippen molar-refractivity contribution in [3.8, 4) is 28.5 Å². The van der Waals surface area contributed by atoms with Crippen molar-refractivity contribution < 1.29 is 9.50 Å². The summed E-state index contributed by atoms with van der Waals surface area (Å²) < 4.78 is 13.9. The number of phenols is 1. The highest BCUT2D eigenvalue weighted by Gasteiger charge is 2.85. The van der Waals surface area contributed by atoms with Gasteiger partial charge >= 0.3 is 0 Å². The summed E-state index contributed by atoms with van der Waals surface area (Å²) in [6.45, 7) is 0. The summed E-state index contributed by atoms with van der Waals surface area (Å²) in [7, 11) is 1.66. The number of thiol groups is 5. The highest BCUT2D eigenvalue weighted by molar-refractivity contribution is 8.13. The molecule has 0 radical (unpaired) electrons. The molecule has 15 heteroatoms. The van der Waals surface area contributed by atoms with E-state index in [-0.39, 0.29) is 17.5 Å². The summed E-state index contributed by atoms with van der Waals surface area (Å²) in [5.74, 6) is 1.25. The van der Waals surface area contributed by atoms with Gasteiger partial charge in [0.1, 0.15) is 25.0 Å². The molecule has 3 aromatic rings. The van der Waals surface area contributed by atoms with Crippen LogP contribution in [0.4, 0.5) is 10.2 Å². The van der Waals surface area contributed by atoms with Crippen molar-refractivity contribution >= 4 is 69.0 Å². The van der Waals surface area contributed by atoms with Gasteiger partial charge in [-0.25, -0.2) is 9.37 Å². The number of tetrazole rings is 1. The fourth-order valence-electron chi connectivity index (χ4n) is 6.01. The van der Waals surface area contributed by atoms with E-state index in [9.17, 15) is 5.11 Å². The molecule has 0 aliphatic heterocycles. The predicted octanol–water partition coefficient (Wildman–Crippen LogP) is 3.91. The monoisotopic (exact) mass is 610 g/mol. The molecule has 6 rings (SSSR count). The molecular weight excluding hydrogens is 584 g/mol. The summed E-state index contributed by atoms with van der Waals surface area (Å²) in [5.41, 5.74) is 0.969. The number of anilines is 1. The van der Waals surface area contributed by atoms with Crippen molar-refractivity contribution in [2.75, 3.05) is 4.90 Å². The maximum absolute atomic E-state index is 16.0. The Bertz CT molecular complexity index is 1360. The number of aromatic nitrogens is 7. The Morgan fingerprint density at radius 3 is 2.39 bits per heavy atom. The molecule has 0 amide bonds. The highest BCUT2D eigenvalue weighted by Crippen LogP contribution is 2.76. The molecule has 38 heavy (non-hydrogen) atoms. The van der Waals surface area contributed by atoms with Crippen LogP contribution in [0.2, 0.25) is 0 Å². The maximum Gasteiger partial charge on any atom is 0.205 e. The molecule has 4 atom stereocenters. The van der Waals surface area contributed by atoms with Gasteiger partial charge in [-0.1, -0.05) is 18.9 Å². The van der Waals surface area contributed by atoms with Gasteiger partial charge in [0.05, 0.1) is 24.8 Å². The van der Waals surface area contributed by atoms with Crippen molar-refractivity contribution in [2.24, 2.45) is 18.9 Å². The second kappa shape index (κ2) is 9.32. The number of hydrogen-bond acceptors (Lipinski definition) is 13. The first-order valence-electron chi connectivity index (χ1n) is 12.3. The van der Waals surface area contributed by atoms with E-state index in [1.807, 2.05) is 0 Å². The van der Waals surface area contributed by atoms with E-state index in [0.717, 1.165) is 25.7 Å². The molecule has 3 aliphatic carbocycles. The molecular formula is C23H27FN8OS5. The van der Waals surface area contributed by atoms with Crippen LogP contribution < -0.4 is 4.90 Å². The number of aromatic hydroxyl groups is 1. The molecule has 9 nitrogen and oxygen atoms in total. The van der Waals surface area contributed by atoms with E-state index in [1.165, 1.54) is 17.1 Å². The fraction of sp³-hybridized carbons (Fsp3) is 0.565. The SMILES string of the molecule is Cn1nnc(-c2ccc(-c3ncc(N([C@H]4C[C@@H]5CCC[C@@H](C5)[C@H]4F)C4(S)C(S)(S)C4(S)S)nn3)c(O)c2)n1. The van der Waals surface area contributed by atoms with E-state index < -0.39 is 25.2 Å². The Labute approximate surface area is 246 Å². The van der Waals surface area contributed by atoms with Crippen molar-refractivity contribution in [1.82, 2.24) is 35.4 Å². The number of halogens is 1. The summed E-state index contributed by atoms with van der Waals surface area (Å²) in [4.78, 5) is 6.46. The van der Waals surface area contributed by atoms with Crippen LogP contribution in [0, 0.1) is 11.8 Å². The smallest absolute Gasteiger partial charge is 0.205 e. The molecule has 0 saturated heterocycles. The molecule has 3 fully saturated rings. The summed E-state index contributed by atoms with van der Waals surface area (Å²) >= 11 is 23.8. The molecule has 2 aromatic heterocycles.